The number of alkyl halides is 3. The quantitative estimate of drug-likeness (QED) is 0.374. The van der Waals surface area contributed by atoms with E-state index in [4.69, 9.17) is 5.73 Å². The number of carbonyl (C=O) groups excluding carboxylic acids is 1. The average molecular weight is 519 g/mol. The lowest BCUT2D eigenvalue weighted by atomic mass is 9.80. The van der Waals surface area contributed by atoms with E-state index >= 15 is 0 Å². The molecule has 1 aromatic carbocycles. The molecule has 1 atom stereocenters. The van der Waals surface area contributed by atoms with Crippen LogP contribution in [0.25, 0.3) is 11.2 Å². The second kappa shape index (κ2) is 10.8. The fourth-order valence-electron chi connectivity index (χ4n) is 4.11. The molecule has 0 radical (unpaired) electrons. The van der Waals surface area contributed by atoms with Gasteiger partial charge in [0.15, 0.2) is 23.6 Å². The maximum Gasteiger partial charge on any atom is 0.416 e. The van der Waals surface area contributed by atoms with Crippen LogP contribution in [-0.2, 0) is 12.7 Å². The molecule has 2 fully saturated rings. The highest BCUT2D eigenvalue weighted by Gasteiger charge is 2.30. The molecule has 2 heterocycles. The molecule has 12 heteroatoms. The highest BCUT2D eigenvalue weighted by atomic mass is 19.4. The van der Waals surface area contributed by atoms with Crippen molar-refractivity contribution in [2.75, 3.05) is 11.9 Å². The van der Waals surface area contributed by atoms with E-state index < -0.39 is 23.5 Å². The van der Waals surface area contributed by atoms with Crippen molar-refractivity contribution < 1.29 is 27.9 Å². The summed E-state index contributed by atoms with van der Waals surface area (Å²) >= 11 is 0. The molecule has 0 aliphatic heterocycles. The molecule has 2 saturated carbocycles. The number of aromatic carboxylic acids is 1. The van der Waals surface area contributed by atoms with Crippen molar-refractivity contribution in [1.82, 2.24) is 19.5 Å². The molecule has 3 aromatic rings. The van der Waals surface area contributed by atoms with Gasteiger partial charge < -0.3 is 20.7 Å². The van der Waals surface area contributed by atoms with E-state index in [-0.39, 0.29) is 29.9 Å². The van der Waals surface area contributed by atoms with Gasteiger partial charge in [0.25, 0.3) is 0 Å². The van der Waals surface area contributed by atoms with Crippen molar-refractivity contribution in [3.63, 3.8) is 0 Å². The van der Waals surface area contributed by atoms with Crippen LogP contribution in [0.4, 0.5) is 19.0 Å². The van der Waals surface area contributed by atoms with Crippen LogP contribution in [-0.4, -0.2) is 49.5 Å². The number of anilines is 1. The number of carbonyl (C=O) groups is 2. The number of nitrogens with two attached hydrogens (primary N) is 1. The lowest BCUT2D eigenvalue weighted by molar-refractivity contribution is -0.137. The van der Waals surface area contributed by atoms with Crippen LogP contribution in [0.15, 0.2) is 24.3 Å². The Hall–Kier alpha value is -3.54. The summed E-state index contributed by atoms with van der Waals surface area (Å²) in [5, 5.41) is 12.6. The Morgan fingerprint density at radius 1 is 1.19 bits per heavy atom. The molecule has 0 spiro atoms. The Balaban J connectivity index is 0.000000572. The van der Waals surface area contributed by atoms with Crippen LogP contribution in [0, 0.1) is 11.8 Å². The van der Waals surface area contributed by atoms with Gasteiger partial charge in [0.05, 0.1) is 5.56 Å². The number of aldehydes is 1. The largest absolute Gasteiger partial charge is 0.475 e. The summed E-state index contributed by atoms with van der Waals surface area (Å²) < 4.78 is 40.1. The monoisotopic (exact) mass is 518 g/mol. The number of carboxylic acids is 1. The van der Waals surface area contributed by atoms with E-state index in [1.807, 2.05) is 6.92 Å². The molecule has 198 valence electrons. The Labute approximate surface area is 211 Å². The third kappa shape index (κ3) is 6.24. The number of nitrogens with one attached hydrogen (secondary N) is 1. The zero-order chi connectivity index (χ0) is 26.7. The summed E-state index contributed by atoms with van der Waals surface area (Å²) in [6.07, 6.45) is 2.01. The van der Waals surface area contributed by atoms with Crippen LogP contribution in [0.2, 0.25) is 0 Å². The lowest BCUT2D eigenvalue weighted by Gasteiger charge is -2.32. The number of rotatable bonds is 8. The first-order chi connectivity index (χ1) is 17.6. The first-order valence-corrected chi connectivity index (χ1v) is 12.2. The van der Waals surface area contributed by atoms with Crippen molar-refractivity contribution in [3.05, 3.63) is 47.0 Å². The summed E-state index contributed by atoms with van der Waals surface area (Å²) in [4.78, 5) is 35.4. The summed E-state index contributed by atoms with van der Waals surface area (Å²) in [7, 11) is 0. The van der Waals surface area contributed by atoms with Crippen molar-refractivity contribution in [2.24, 2.45) is 17.6 Å². The zero-order valence-electron chi connectivity index (χ0n) is 20.3. The fraction of sp³-hybridized carbons (Fsp3) is 0.480. The van der Waals surface area contributed by atoms with Crippen LogP contribution in [0.5, 0.6) is 0 Å². The molecular weight excluding hydrogens is 489 g/mol. The Bertz CT molecular complexity index is 1270. The van der Waals surface area contributed by atoms with Crippen molar-refractivity contribution in [2.45, 2.75) is 57.8 Å². The second-order valence-corrected chi connectivity index (χ2v) is 9.54. The van der Waals surface area contributed by atoms with E-state index in [1.165, 1.54) is 29.5 Å². The van der Waals surface area contributed by atoms with Gasteiger partial charge in [-0.15, -0.1) is 0 Å². The maximum absolute atomic E-state index is 12.9. The summed E-state index contributed by atoms with van der Waals surface area (Å²) in [6.45, 7) is 2.92. The van der Waals surface area contributed by atoms with Gasteiger partial charge >= 0.3 is 12.1 Å². The molecular formula is C25H29F3N6O3. The minimum absolute atomic E-state index is 0.00223. The van der Waals surface area contributed by atoms with Gasteiger partial charge in [-0.25, -0.2) is 19.7 Å². The molecule has 0 amide bonds. The second-order valence-electron chi connectivity index (χ2n) is 9.54. The molecule has 4 N–H and O–H groups in total. The topological polar surface area (TPSA) is 136 Å². The minimum atomic E-state index is -4.45. The van der Waals surface area contributed by atoms with Gasteiger partial charge in [-0.2, -0.15) is 13.2 Å². The number of fused-ring (bicyclic) bond motifs is 1. The number of benzene rings is 1. The van der Waals surface area contributed by atoms with Gasteiger partial charge in [0, 0.05) is 12.6 Å². The highest BCUT2D eigenvalue weighted by molar-refractivity contribution is 5.92. The summed E-state index contributed by atoms with van der Waals surface area (Å²) in [5.74, 6) is -0.288. The predicted molar refractivity (Wildman–Crippen MR) is 130 cm³/mol. The first-order valence-electron chi connectivity index (χ1n) is 12.2. The van der Waals surface area contributed by atoms with Crippen LogP contribution in [0.1, 0.15) is 71.4 Å². The van der Waals surface area contributed by atoms with Crippen LogP contribution >= 0.6 is 0 Å². The molecule has 9 nitrogen and oxygen atoms in total. The zero-order valence-corrected chi connectivity index (χ0v) is 20.3. The highest BCUT2D eigenvalue weighted by Crippen LogP contribution is 2.33. The number of imidazole rings is 1. The smallest absolute Gasteiger partial charge is 0.416 e. The summed E-state index contributed by atoms with van der Waals surface area (Å²) in [5.41, 5.74) is 5.30. The maximum atomic E-state index is 12.9. The van der Waals surface area contributed by atoms with E-state index in [0.29, 0.717) is 23.3 Å². The van der Waals surface area contributed by atoms with Gasteiger partial charge in [-0.05, 0) is 68.7 Å². The molecule has 5 rings (SSSR count). The van der Waals surface area contributed by atoms with E-state index in [1.54, 1.807) is 0 Å². The normalized spacial score (nSPS) is 16.5. The Kier molecular flexibility index (Phi) is 7.76. The Morgan fingerprint density at radius 3 is 2.32 bits per heavy atom. The fourth-order valence-corrected chi connectivity index (χ4v) is 4.11. The van der Waals surface area contributed by atoms with E-state index in [2.05, 4.69) is 20.3 Å². The first kappa shape index (κ1) is 26.5. The molecule has 0 saturated heterocycles. The molecule has 2 aliphatic rings. The number of hydrogen-bond donors (Lipinski definition) is 3. The van der Waals surface area contributed by atoms with Crippen molar-refractivity contribution >= 4 is 29.2 Å². The van der Waals surface area contributed by atoms with Gasteiger partial charge in [0.1, 0.15) is 5.52 Å². The Morgan fingerprint density at radius 2 is 1.86 bits per heavy atom. The van der Waals surface area contributed by atoms with Crippen molar-refractivity contribution in [1.29, 1.82) is 0 Å². The van der Waals surface area contributed by atoms with Gasteiger partial charge in [0.2, 0.25) is 5.82 Å². The standard InChI is InChI=1S/C21H20F3N5O3.C4H9N/c1-11(13-3-2-4-13)25-17-16-18(28-19(27-17)20(31)32)26-15(10-30)29(16)9-12-5-7-14(8-6-12)21(22,23)24;5-3-4-1-2-4/h5-8,10-11,13H,2-4,9H2,1H3,(H,31,32)(H,25,27,28);4H,1-3,5H2/t11-;/m1./s1. The molecule has 0 unspecified atom stereocenters. The van der Waals surface area contributed by atoms with Crippen LogP contribution < -0.4 is 11.1 Å². The SMILES string of the molecule is C[C@@H](Nc1nc(C(=O)O)nc2nc(C=O)n(Cc3ccc(C(F)(F)F)cc3)c12)C1CCC1.NCC1CC1. The lowest BCUT2D eigenvalue weighted by Crippen LogP contribution is -2.31. The van der Waals surface area contributed by atoms with Crippen LogP contribution in [0.3, 0.4) is 0 Å². The minimum Gasteiger partial charge on any atom is -0.475 e. The van der Waals surface area contributed by atoms with Crippen molar-refractivity contribution in [3.8, 4) is 0 Å². The molecule has 0 bridgehead atoms. The number of carboxylic acid groups (broad SMARTS) is 1. The molecule has 2 aromatic heterocycles. The third-order valence-corrected chi connectivity index (χ3v) is 6.80. The molecule has 37 heavy (non-hydrogen) atoms. The third-order valence-electron chi connectivity index (χ3n) is 6.80. The summed E-state index contributed by atoms with van der Waals surface area (Å²) in [6, 6.07) is 4.56. The van der Waals surface area contributed by atoms with Gasteiger partial charge in [-0.1, -0.05) is 18.6 Å². The number of aromatic nitrogens is 4. The molecule has 2 aliphatic carbocycles. The number of halogens is 3. The predicted octanol–water partition coefficient (Wildman–Crippen LogP) is 4.36. The van der Waals surface area contributed by atoms with Gasteiger partial charge in [-0.3, -0.25) is 4.79 Å². The average Bonchev–Trinajstić information content (AvgIpc) is 3.59. The number of nitrogens with zero attached hydrogens (tertiary/aromatic N) is 4. The van der Waals surface area contributed by atoms with E-state index in [9.17, 15) is 27.9 Å². The van der Waals surface area contributed by atoms with E-state index in [0.717, 1.165) is 43.9 Å². The number of hydrogen-bond acceptors (Lipinski definition) is 7.